The van der Waals surface area contributed by atoms with E-state index in [0.29, 0.717) is 11.5 Å². The van der Waals surface area contributed by atoms with Gasteiger partial charge in [-0.3, -0.25) is 10.0 Å². The zero-order valence-electron chi connectivity index (χ0n) is 16.7. The Kier molecular flexibility index (Phi) is 9.17. The normalized spacial score (nSPS) is 12.9. The van der Waals surface area contributed by atoms with Gasteiger partial charge in [0, 0.05) is 16.1 Å². The van der Waals surface area contributed by atoms with E-state index in [4.69, 9.17) is 14.7 Å². The first-order chi connectivity index (χ1) is 13.6. The van der Waals surface area contributed by atoms with Gasteiger partial charge in [-0.2, -0.15) is 0 Å². The molecule has 0 aliphatic carbocycles. The van der Waals surface area contributed by atoms with E-state index in [1.807, 2.05) is 31.2 Å². The molecule has 0 unspecified atom stereocenters. The van der Waals surface area contributed by atoms with Crippen LogP contribution in [0.15, 0.2) is 53.4 Å². The van der Waals surface area contributed by atoms with Gasteiger partial charge in [-0.05, 0) is 43.0 Å². The molecule has 0 aromatic heterocycles. The van der Waals surface area contributed by atoms with Crippen molar-refractivity contribution in [2.75, 3.05) is 14.2 Å². The van der Waals surface area contributed by atoms with Crippen molar-refractivity contribution in [3.8, 4) is 11.5 Å². The molecule has 152 valence electrons. The van der Waals surface area contributed by atoms with E-state index >= 15 is 0 Å². The lowest BCUT2D eigenvalue weighted by Crippen LogP contribution is -2.32. The third-order valence-electron chi connectivity index (χ3n) is 4.77. The molecule has 0 bridgehead atoms. The average Bonchev–Trinajstić information content (AvgIpc) is 2.75. The van der Waals surface area contributed by atoms with Crippen LogP contribution in [0.3, 0.4) is 0 Å². The molecule has 0 aliphatic heterocycles. The number of hydrogen-bond donors (Lipinski definition) is 2. The van der Waals surface area contributed by atoms with Crippen LogP contribution < -0.4 is 15.0 Å². The van der Waals surface area contributed by atoms with E-state index in [1.165, 1.54) is 5.56 Å². The van der Waals surface area contributed by atoms with Gasteiger partial charge in [-0.15, -0.1) is 11.8 Å². The molecule has 0 fully saturated rings. The smallest absolute Gasteiger partial charge is 0.247 e. The van der Waals surface area contributed by atoms with Gasteiger partial charge >= 0.3 is 0 Å². The Balaban J connectivity index is 2.01. The highest BCUT2D eigenvalue weighted by Gasteiger charge is 2.25. The topological polar surface area (TPSA) is 67.8 Å². The molecule has 6 heteroatoms. The van der Waals surface area contributed by atoms with E-state index in [9.17, 15) is 4.79 Å². The number of carbonyl (C=O) groups excluding carboxylic acids is 1. The monoisotopic (exact) mass is 403 g/mol. The third-order valence-corrected chi connectivity index (χ3v) is 6.24. The molecule has 0 saturated carbocycles. The minimum absolute atomic E-state index is 0.0426. The summed E-state index contributed by atoms with van der Waals surface area (Å²) in [6.07, 6.45) is 3.96. The van der Waals surface area contributed by atoms with Crippen molar-refractivity contribution in [1.29, 1.82) is 0 Å². The number of methoxy groups -OCH3 is 2. The van der Waals surface area contributed by atoms with Crippen LogP contribution in [0.2, 0.25) is 0 Å². The second kappa shape index (κ2) is 11.6. The largest absolute Gasteiger partial charge is 0.493 e. The van der Waals surface area contributed by atoms with Crippen LogP contribution in [-0.4, -0.2) is 30.6 Å². The zero-order valence-corrected chi connectivity index (χ0v) is 17.5. The van der Waals surface area contributed by atoms with Gasteiger partial charge in [0.25, 0.3) is 0 Å². The van der Waals surface area contributed by atoms with Gasteiger partial charge in [0.05, 0.1) is 14.2 Å². The van der Waals surface area contributed by atoms with E-state index < -0.39 is 0 Å². The average molecular weight is 404 g/mol. The number of benzene rings is 2. The zero-order chi connectivity index (χ0) is 20.4. The molecule has 0 radical (unpaired) electrons. The lowest BCUT2D eigenvalue weighted by atomic mass is 10.00. The van der Waals surface area contributed by atoms with E-state index in [0.717, 1.165) is 30.6 Å². The van der Waals surface area contributed by atoms with E-state index in [-0.39, 0.29) is 17.1 Å². The predicted octanol–water partition coefficient (Wildman–Crippen LogP) is 4.72. The molecule has 28 heavy (non-hydrogen) atoms. The van der Waals surface area contributed by atoms with Crippen molar-refractivity contribution in [2.45, 2.75) is 42.8 Å². The van der Waals surface area contributed by atoms with Crippen LogP contribution in [0.4, 0.5) is 0 Å². The Morgan fingerprint density at radius 1 is 1.07 bits per heavy atom. The Bertz CT molecular complexity index is 739. The van der Waals surface area contributed by atoms with Gasteiger partial charge in [0.1, 0.15) is 0 Å². The summed E-state index contributed by atoms with van der Waals surface area (Å²) >= 11 is 1.63. The number of unbranched alkanes of at least 4 members (excludes halogenated alkanes) is 1. The van der Waals surface area contributed by atoms with Crippen LogP contribution in [0.1, 0.15) is 31.7 Å². The first kappa shape index (κ1) is 22.1. The molecule has 2 atom stereocenters. The highest BCUT2D eigenvalue weighted by atomic mass is 32.2. The number of rotatable bonds is 11. The number of hydrogen-bond acceptors (Lipinski definition) is 5. The SMILES string of the molecule is COc1ccc(S[C@H](CCCCc2ccccc2)[C@@H](C)C(=O)NO)cc1OC. The van der Waals surface area contributed by atoms with Crippen LogP contribution in [0.5, 0.6) is 11.5 Å². The second-order valence-corrected chi connectivity index (χ2v) is 7.98. The summed E-state index contributed by atoms with van der Waals surface area (Å²) < 4.78 is 10.7. The summed E-state index contributed by atoms with van der Waals surface area (Å²) in [4.78, 5) is 13.0. The number of hydroxylamine groups is 1. The molecule has 0 saturated heterocycles. The molecular formula is C22H29NO4S. The predicted molar refractivity (Wildman–Crippen MR) is 112 cm³/mol. The maximum atomic E-state index is 12.0. The molecule has 5 nitrogen and oxygen atoms in total. The first-order valence-corrected chi connectivity index (χ1v) is 10.3. The Labute approximate surface area is 171 Å². The molecule has 0 heterocycles. The van der Waals surface area contributed by atoms with Crippen LogP contribution >= 0.6 is 11.8 Å². The fraction of sp³-hybridized carbons (Fsp3) is 0.409. The standard InChI is InChI=1S/C22H29NO4S/c1-16(22(24)23-25)21(12-8-7-11-17-9-5-4-6-10-17)28-18-13-14-19(26-2)20(15-18)27-3/h4-6,9-10,13-16,21,25H,7-8,11-12H2,1-3H3,(H,23,24)/t16-,21-/m1/s1. The minimum atomic E-state index is -0.360. The fourth-order valence-corrected chi connectivity index (χ4v) is 4.35. The van der Waals surface area contributed by atoms with E-state index in [2.05, 4.69) is 24.3 Å². The second-order valence-electron chi connectivity index (χ2n) is 6.67. The lowest BCUT2D eigenvalue weighted by Gasteiger charge is -2.22. The quantitative estimate of drug-likeness (QED) is 0.246. The van der Waals surface area contributed by atoms with Crippen molar-refractivity contribution < 1.29 is 19.5 Å². The lowest BCUT2D eigenvalue weighted by molar-refractivity contribution is -0.132. The molecule has 2 aromatic carbocycles. The highest BCUT2D eigenvalue weighted by Crippen LogP contribution is 2.37. The third kappa shape index (κ3) is 6.46. The van der Waals surface area contributed by atoms with Gasteiger partial charge in [-0.1, -0.05) is 43.7 Å². The Hall–Kier alpha value is -2.18. The van der Waals surface area contributed by atoms with Crippen molar-refractivity contribution >= 4 is 17.7 Å². The number of carbonyl (C=O) groups is 1. The molecule has 0 spiro atoms. The van der Waals surface area contributed by atoms with E-state index in [1.54, 1.807) is 31.5 Å². The van der Waals surface area contributed by atoms with Gasteiger partial charge in [0.15, 0.2) is 11.5 Å². The summed E-state index contributed by atoms with van der Waals surface area (Å²) in [5.74, 6) is 0.655. The number of thioether (sulfide) groups is 1. The molecular weight excluding hydrogens is 374 g/mol. The number of nitrogens with one attached hydrogen (secondary N) is 1. The summed E-state index contributed by atoms with van der Waals surface area (Å²) in [6, 6.07) is 16.2. The Morgan fingerprint density at radius 2 is 1.79 bits per heavy atom. The van der Waals surface area contributed by atoms with Crippen LogP contribution in [-0.2, 0) is 11.2 Å². The van der Waals surface area contributed by atoms with Crippen molar-refractivity contribution in [3.63, 3.8) is 0 Å². The summed E-state index contributed by atoms with van der Waals surface area (Å²) in [5.41, 5.74) is 3.12. The van der Waals surface area contributed by atoms with Crippen LogP contribution in [0.25, 0.3) is 0 Å². The first-order valence-electron chi connectivity index (χ1n) is 9.45. The maximum Gasteiger partial charge on any atom is 0.247 e. The van der Waals surface area contributed by atoms with Crippen molar-refractivity contribution in [2.24, 2.45) is 5.92 Å². The number of aryl methyl sites for hydroxylation is 1. The number of ether oxygens (including phenoxy) is 2. The number of amides is 1. The Morgan fingerprint density at radius 3 is 2.43 bits per heavy atom. The maximum absolute atomic E-state index is 12.0. The summed E-state index contributed by atoms with van der Waals surface area (Å²) in [7, 11) is 3.21. The summed E-state index contributed by atoms with van der Waals surface area (Å²) in [6.45, 7) is 1.85. The van der Waals surface area contributed by atoms with Gasteiger partial charge in [-0.25, -0.2) is 5.48 Å². The molecule has 0 aliphatic rings. The van der Waals surface area contributed by atoms with Crippen molar-refractivity contribution in [1.82, 2.24) is 5.48 Å². The molecule has 2 rings (SSSR count). The fourth-order valence-electron chi connectivity index (χ4n) is 3.07. The van der Waals surface area contributed by atoms with Crippen LogP contribution in [0, 0.1) is 5.92 Å². The minimum Gasteiger partial charge on any atom is -0.493 e. The highest BCUT2D eigenvalue weighted by molar-refractivity contribution is 8.00. The molecule has 2 N–H and O–H groups in total. The van der Waals surface area contributed by atoms with Gasteiger partial charge < -0.3 is 9.47 Å². The summed E-state index contributed by atoms with van der Waals surface area (Å²) in [5, 5.41) is 9.09. The van der Waals surface area contributed by atoms with Gasteiger partial charge in [0.2, 0.25) is 5.91 Å². The molecule has 2 aromatic rings. The molecule has 1 amide bonds. The van der Waals surface area contributed by atoms with Crippen molar-refractivity contribution in [3.05, 3.63) is 54.1 Å².